The van der Waals surface area contributed by atoms with Crippen molar-refractivity contribution in [3.63, 3.8) is 0 Å². The molecule has 0 radical (unpaired) electrons. The van der Waals surface area contributed by atoms with E-state index in [4.69, 9.17) is 0 Å². The Morgan fingerprint density at radius 2 is 1.54 bits per heavy atom. The Bertz CT molecular complexity index is 815. The summed E-state index contributed by atoms with van der Waals surface area (Å²) in [5.41, 5.74) is 3.27. The summed E-state index contributed by atoms with van der Waals surface area (Å²) < 4.78 is 2.42. The molecule has 0 saturated heterocycles. The van der Waals surface area contributed by atoms with Crippen molar-refractivity contribution in [2.45, 2.75) is 58.4 Å². The van der Waals surface area contributed by atoms with Crippen molar-refractivity contribution in [2.75, 3.05) is 0 Å². The van der Waals surface area contributed by atoms with Crippen LogP contribution in [0.1, 0.15) is 62.2 Å². The van der Waals surface area contributed by atoms with Gasteiger partial charge >= 0.3 is 0 Å². The molecule has 0 saturated carbocycles. The predicted molar refractivity (Wildman–Crippen MR) is 103 cm³/mol. The van der Waals surface area contributed by atoms with Gasteiger partial charge in [0.1, 0.15) is 6.29 Å². The largest absolute Gasteiger partial charge is 0.340 e. The summed E-state index contributed by atoms with van der Waals surface area (Å²) in [6.45, 7) is 3.32. The van der Waals surface area contributed by atoms with Crippen LogP contribution in [0.4, 0.5) is 0 Å². The summed E-state index contributed by atoms with van der Waals surface area (Å²) in [6.07, 6.45) is 10.2. The Morgan fingerprint density at radius 1 is 0.833 bits per heavy atom. The van der Waals surface area contributed by atoms with E-state index in [2.05, 4.69) is 41.8 Å². The van der Waals surface area contributed by atoms with Gasteiger partial charge in [0.15, 0.2) is 0 Å². The van der Waals surface area contributed by atoms with Gasteiger partial charge < -0.3 is 4.57 Å². The minimum Gasteiger partial charge on any atom is -0.340 e. The number of carbonyl (C=O) groups is 1. The molecule has 24 heavy (non-hydrogen) atoms. The van der Waals surface area contributed by atoms with Crippen molar-refractivity contribution in [3.8, 4) is 0 Å². The van der Waals surface area contributed by atoms with E-state index < -0.39 is 0 Å². The fraction of sp³-hybridized carbons (Fsp3) is 0.409. The molecule has 0 unspecified atom stereocenters. The highest BCUT2D eigenvalue weighted by atomic mass is 16.1. The van der Waals surface area contributed by atoms with Gasteiger partial charge in [-0.15, -0.1) is 0 Å². The Labute approximate surface area is 144 Å². The predicted octanol–water partition coefficient (Wildman–Crippen LogP) is 6.36. The van der Waals surface area contributed by atoms with Crippen LogP contribution >= 0.6 is 0 Å². The van der Waals surface area contributed by atoms with Crippen molar-refractivity contribution in [3.05, 3.63) is 48.0 Å². The number of aryl methyl sites for hydroxylation is 1. The molecule has 0 atom stereocenters. The fourth-order valence-electron chi connectivity index (χ4n) is 3.61. The zero-order valence-electron chi connectivity index (χ0n) is 14.6. The molecule has 0 spiro atoms. The highest BCUT2D eigenvalue weighted by molar-refractivity contribution is 6.09. The summed E-state index contributed by atoms with van der Waals surface area (Å²) in [6, 6.07) is 14.6. The first-order chi connectivity index (χ1) is 11.8. The molecule has 1 heterocycles. The maximum atomic E-state index is 11.1. The second-order valence-electron chi connectivity index (χ2n) is 6.68. The highest BCUT2D eigenvalue weighted by Crippen LogP contribution is 2.30. The molecular formula is C22H27NO. The standard InChI is InChI=1S/C22H27NO/c1-2-3-4-5-6-7-10-15-23-21-12-9-8-11-19(21)20-16-18(17-24)13-14-22(20)23/h8-9,11-14,16-17H,2-7,10,15H2,1H3. The van der Waals surface area contributed by atoms with E-state index >= 15 is 0 Å². The lowest BCUT2D eigenvalue weighted by molar-refractivity contribution is 0.112. The van der Waals surface area contributed by atoms with Crippen molar-refractivity contribution in [1.82, 2.24) is 4.57 Å². The Balaban J connectivity index is 1.77. The Hall–Kier alpha value is -2.09. The molecule has 2 nitrogen and oxygen atoms in total. The van der Waals surface area contributed by atoms with Crippen LogP contribution in [-0.2, 0) is 6.54 Å². The second kappa shape index (κ2) is 8.14. The van der Waals surface area contributed by atoms with Crippen LogP contribution in [-0.4, -0.2) is 10.9 Å². The van der Waals surface area contributed by atoms with Crippen LogP contribution in [0.25, 0.3) is 21.8 Å². The van der Waals surface area contributed by atoms with Gasteiger partial charge in [-0.1, -0.05) is 63.6 Å². The summed E-state index contributed by atoms with van der Waals surface area (Å²) in [7, 11) is 0. The molecule has 0 bridgehead atoms. The van der Waals surface area contributed by atoms with Gasteiger partial charge in [0.2, 0.25) is 0 Å². The van der Waals surface area contributed by atoms with E-state index in [0.29, 0.717) is 0 Å². The zero-order valence-corrected chi connectivity index (χ0v) is 14.6. The lowest BCUT2D eigenvalue weighted by Crippen LogP contribution is -1.97. The molecule has 0 fully saturated rings. The molecular weight excluding hydrogens is 294 g/mol. The van der Waals surface area contributed by atoms with Crippen molar-refractivity contribution >= 4 is 28.1 Å². The molecule has 0 aliphatic carbocycles. The minimum absolute atomic E-state index is 0.751. The zero-order chi connectivity index (χ0) is 16.8. The monoisotopic (exact) mass is 321 g/mol. The summed E-state index contributed by atoms with van der Waals surface area (Å²) in [5, 5.41) is 2.44. The highest BCUT2D eigenvalue weighted by Gasteiger charge is 2.10. The van der Waals surface area contributed by atoms with E-state index in [1.165, 1.54) is 66.8 Å². The van der Waals surface area contributed by atoms with E-state index in [9.17, 15) is 4.79 Å². The molecule has 2 aromatic carbocycles. The lowest BCUT2D eigenvalue weighted by atomic mass is 10.1. The number of fused-ring (bicyclic) bond motifs is 3. The molecule has 1 aromatic heterocycles. The van der Waals surface area contributed by atoms with Crippen LogP contribution in [0, 0.1) is 0 Å². The number of unbranched alkanes of at least 4 members (excludes halogenated alkanes) is 6. The normalized spacial score (nSPS) is 11.4. The lowest BCUT2D eigenvalue weighted by Gasteiger charge is -2.07. The first-order valence-corrected chi connectivity index (χ1v) is 9.31. The number of aromatic nitrogens is 1. The topological polar surface area (TPSA) is 22.0 Å². The molecule has 2 heteroatoms. The average molecular weight is 321 g/mol. The molecule has 0 aliphatic heterocycles. The van der Waals surface area contributed by atoms with Gasteiger partial charge in [0.25, 0.3) is 0 Å². The van der Waals surface area contributed by atoms with Crippen molar-refractivity contribution in [1.29, 1.82) is 0 Å². The van der Waals surface area contributed by atoms with Gasteiger partial charge in [0.05, 0.1) is 0 Å². The number of hydrogen-bond donors (Lipinski definition) is 0. The number of carbonyl (C=O) groups excluding carboxylic acids is 1. The third-order valence-electron chi connectivity index (χ3n) is 4.92. The van der Waals surface area contributed by atoms with Crippen LogP contribution in [0.3, 0.4) is 0 Å². The van der Waals surface area contributed by atoms with Crippen molar-refractivity contribution < 1.29 is 4.79 Å². The average Bonchev–Trinajstić information content (AvgIpc) is 2.94. The minimum atomic E-state index is 0.751. The van der Waals surface area contributed by atoms with E-state index in [0.717, 1.165) is 18.4 Å². The van der Waals surface area contributed by atoms with Crippen LogP contribution in [0.2, 0.25) is 0 Å². The second-order valence-corrected chi connectivity index (χ2v) is 6.68. The quantitative estimate of drug-likeness (QED) is 0.332. The smallest absolute Gasteiger partial charge is 0.150 e. The molecule has 126 valence electrons. The summed E-state index contributed by atoms with van der Waals surface area (Å²) in [5.74, 6) is 0. The van der Waals surface area contributed by atoms with E-state index in [1.54, 1.807) is 0 Å². The number of rotatable bonds is 9. The number of hydrogen-bond acceptors (Lipinski definition) is 1. The van der Waals surface area contributed by atoms with Gasteiger partial charge in [-0.05, 0) is 30.7 Å². The maximum Gasteiger partial charge on any atom is 0.150 e. The van der Waals surface area contributed by atoms with Crippen LogP contribution < -0.4 is 0 Å². The Morgan fingerprint density at radius 3 is 2.33 bits per heavy atom. The first-order valence-electron chi connectivity index (χ1n) is 9.31. The van der Waals surface area contributed by atoms with Gasteiger partial charge in [-0.25, -0.2) is 0 Å². The van der Waals surface area contributed by atoms with E-state index in [1.807, 2.05) is 12.1 Å². The molecule has 0 N–H and O–H groups in total. The third kappa shape index (κ3) is 3.53. The summed E-state index contributed by atoms with van der Waals surface area (Å²) in [4.78, 5) is 11.1. The first kappa shape index (κ1) is 16.8. The number of aldehydes is 1. The van der Waals surface area contributed by atoms with Gasteiger partial charge in [-0.3, -0.25) is 4.79 Å². The molecule has 3 rings (SSSR count). The van der Waals surface area contributed by atoms with Crippen LogP contribution in [0.15, 0.2) is 42.5 Å². The third-order valence-corrected chi connectivity index (χ3v) is 4.92. The molecule has 0 aliphatic rings. The van der Waals surface area contributed by atoms with Gasteiger partial charge in [0, 0.05) is 33.9 Å². The molecule has 0 amide bonds. The number of benzene rings is 2. The SMILES string of the molecule is CCCCCCCCCn1c2ccccc2c2cc(C=O)ccc21. The fourth-order valence-corrected chi connectivity index (χ4v) is 3.61. The number of para-hydroxylation sites is 1. The Kier molecular flexibility index (Phi) is 5.68. The van der Waals surface area contributed by atoms with Gasteiger partial charge in [-0.2, -0.15) is 0 Å². The maximum absolute atomic E-state index is 11.1. The molecule has 3 aromatic rings. The van der Waals surface area contributed by atoms with E-state index in [-0.39, 0.29) is 0 Å². The summed E-state index contributed by atoms with van der Waals surface area (Å²) >= 11 is 0. The van der Waals surface area contributed by atoms with Crippen molar-refractivity contribution in [2.24, 2.45) is 0 Å². The van der Waals surface area contributed by atoms with Crippen LogP contribution in [0.5, 0.6) is 0 Å². The number of nitrogens with zero attached hydrogens (tertiary/aromatic N) is 1.